The summed E-state index contributed by atoms with van der Waals surface area (Å²) < 4.78 is 4.16. The minimum atomic E-state index is -1.17. The molecule has 9 heteroatoms. The lowest BCUT2D eigenvalue weighted by Crippen LogP contribution is -2.13. The maximum absolute atomic E-state index is 10.3. The normalized spacial score (nSPS) is 9.14. The summed E-state index contributed by atoms with van der Waals surface area (Å²) in [6.45, 7) is -1.13. The highest BCUT2D eigenvalue weighted by molar-refractivity contribution is 5.91. The van der Waals surface area contributed by atoms with E-state index in [4.69, 9.17) is 20.4 Å². The number of aliphatic carboxylic acids is 2. The predicted molar refractivity (Wildman–Crippen MR) is 66.5 cm³/mol. The number of aromatic carboxylic acids is 2. The number of carboxylic acids is 4. The molecule has 0 fully saturated rings. The minimum absolute atomic E-state index is 0.0833. The maximum atomic E-state index is 10.3. The Hall–Kier alpha value is -2.94. The molecule has 0 saturated heterocycles. The van der Waals surface area contributed by atoms with Crippen LogP contribution in [0.4, 0.5) is 0 Å². The number of hydrogen-bond donors (Lipinski definition) is 4. The van der Waals surface area contributed by atoms with Gasteiger partial charge in [-0.25, -0.2) is 19.2 Å². The van der Waals surface area contributed by atoms with E-state index in [2.05, 4.69) is 4.74 Å². The number of carbonyl (C=O) groups is 4. The summed E-state index contributed by atoms with van der Waals surface area (Å²) in [4.78, 5) is 40.0. The van der Waals surface area contributed by atoms with Crippen molar-refractivity contribution < 1.29 is 44.3 Å². The van der Waals surface area contributed by atoms with Gasteiger partial charge in [-0.05, 0) is 24.3 Å². The maximum Gasteiger partial charge on any atom is 0.335 e. The van der Waals surface area contributed by atoms with E-state index >= 15 is 0 Å². The second kappa shape index (κ2) is 9.04. The molecule has 1 aromatic rings. The largest absolute Gasteiger partial charge is 0.480 e. The summed E-state index contributed by atoms with van der Waals surface area (Å²) in [7, 11) is 0. The van der Waals surface area contributed by atoms with Crippen LogP contribution >= 0.6 is 0 Å². The second-order valence-corrected chi connectivity index (χ2v) is 3.47. The first-order valence-corrected chi connectivity index (χ1v) is 5.32. The molecule has 0 atom stereocenters. The Kier molecular flexibility index (Phi) is 7.78. The highest BCUT2D eigenvalue weighted by atomic mass is 16.5. The quantitative estimate of drug-likeness (QED) is 0.577. The molecule has 0 radical (unpaired) electrons. The van der Waals surface area contributed by atoms with Crippen LogP contribution in [0.15, 0.2) is 24.3 Å². The molecule has 4 N–H and O–H groups in total. The summed E-state index contributed by atoms with van der Waals surface area (Å²) in [5.74, 6) is -4.47. The zero-order valence-electron chi connectivity index (χ0n) is 10.6. The standard InChI is InChI=1S/C8H6O4.C4H6O5/c9-7(10)5-1-2-6(4-3-5)8(11)12;5-3(6)1-9-2-4(7)8/h1-4H,(H,9,10)(H,11,12);1-2H2,(H,5,6)(H,7,8). The van der Waals surface area contributed by atoms with E-state index in [1.54, 1.807) is 0 Å². The predicted octanol–water partition coefficient (Wildman–Crippen LogP) is 0.255. The summed E-state index contributed by atoms with van der Waals surface area (Å²) in [6, 6.07) is 5.02. The molecule has 0 saturated carbocycles. The molecule has 114 valence electrons. The lowest BCUT2D eigenvalue weighted by atomic mass is 10.1. The van der Waals surface area contributed by atoms with Gasteiger partial charge in [0, 0.05) is 0 Å². The number of benzene rings is 1. The lowest BCUT2D eigenvalue weighted by molar-refractivity contribution is -0.148. The zero-order valence-corrected chi connectivity index (χ0v) is 10.6. The number of rotatable bonds is 6. The van der Waals surface area contributed by atoms with Crippen molar-refractivity contribution >= 4 is 23.9 Å². The average Bonchev–Trinajstić information content (AvgIpc) is 2.38. The first kappa shape index (κ1) is 18.1. The Bertz CT molecular complexity index is 471. The first-order chi connectivity index (χ1) is 9.73. The molecular weight excluding hydrogens is 288 g/mol. The third-order valence-electron chi connectivity index (χ3n) is 1.83. The fourth-order valence-electron chi connectivity index (χ4n) is 0.981. The van der Waals surface area contributed by atoms with Gasteiger partial charge in [-0.3, -0.25) is 0 Å². The van der Waals surface area contributed by atoms with Crippen molar-refractivity contribution in [2.24, 2.45) is 0 Å². The molecule has 1 rings (SSSR count). The zero-order chi connectivity index (χ0) is 16.4. The van der Waals surface area contributed by atoms with Crippen molar-refractivity contribution in [1.82, 2.24) is 0 Å². The van der Waals surface area contributed by atoms with Gasteiger partial charge in [-0.15, -0.1) is 0 Å². The molecule has 0 amide bonds. The molecular formula is C12H12O9. The van der Waals surface area contributed by atoms with E-state index in [9.17, 15) is 19.2 Å². The van der Waals surface area contributed by atoms with Crippen molar-refractivity contribution in [3.05, 3.63) is 35.4 Å². The van der Waals surface area contributed by atoms with Gasteiger partial charge in [0.05, 0.1) is 11.1 Å². The van der Waals surface area contributed by atoms with Crippen LogP contribution in [0.5, 0.6) is 0 Å². The molecule has 9 nitrogen and oxygen atoms in total. The first-order valence-electron chi connectivity index (χ1n) is 5.32. The van der Waals surface area contributed by atoms with Gasteiger partial charge >= 0.3 is 23.9 Å². The van der Waals surface area contributed by atoms with Crippen LogP contribution < -0.4 is 0 Å². The number of ether oxygens (including phenoxy) is 1. The fraction of sp³-hybridized carbons (Fsp3) is 0.167. The lowest BCUT2D eigenvalue weighted by Gasteiger charge is -1.94. The van der Waals surface area contributed by atoms with E-state index < -0.39 is 37.1 Å². The van der Waals surface area contributed by atoms with Crippen molar-refractivity contribution in [1.29, 1.82) is 0 Å². The van der Waals surface area contributed by atoms with Crippen LogP contribution in [0.25, 0.3) is 0 Å². The molecule has 0 aliphatic carbocycles. The van der Waals surface area contributed by atoms with Gasteiger partial charge < -0.3 is 25.2 Å². The van der Waals surface area contributed by atoms with Crippen LogP contribution in [0.3, 0.4) is 0 Å². The Labute approximate surface area is 118 Å². The molecule has 0 aliphatic rings. The van der Waals surface area contributed by atoms with E-state index in [0.717, 1.165) is 0 Å². The van der Waals surface area contributed by atoms with Crippen molar-refractivity contribution in [3.63, 3.8) is 0 Å². The van der Waals surface area contributed by atoms with E-state index in [-0.39, 0.29) is 11.1 Å². The third kappa shape index (κ3) is 8.72. The summed E-state index contributed by atoms with van der Waals surface area (Å²) in [6.07, 6.45) is 0. The summed E-state index contributed by atoms with van der Waals surface area (Å²) >= 11 is 0. The van der Waals surface area contributed by atoms with E-state index in [1.807, 2.05) is 0 Å². The van der Waals surface area contributed by atoms with Gasteiger partial charge in [0.15, 0.2) is 0 Å². The monoisotopic (exact) mass is 300 g/mol. The second-order valence-electron chi connectivity index (χ2n) is 3.47. The number of carboxylic acid groups (broad SMARTS) is 4. The van der Waals surface area contributed by atoms with E-state index in [0.29, 0.717) is 0 Å². The Morgan fingerprint density at radius 1 is 0.714 bits per heavy atom. The van der Waals surface area contributed by atoms with Crippen molar-refractivity contribution in [3.8, 4) is 0 Å². The minimum Gasteiger partial charge on any atom is -0.480 e. The smallest absolute Gasteiger partial charge is 0.335 e. The Morgan fingerprint density at radius 2 is 1.00 bits per heavy atom. The molecule has 0 unspecified atom stereocenters. The molecule has 1 aromatic carbocycles. The summed E-state index contributed by atoms with van der Waals surface area (Å²) in [5.41, 5.74) is 0.167. The van der Waals surface area contributed by atoms with Gasteiger partial charge in [0.2, 0.25) is 0 Å². The third-order valence-corrected chi connectivity index (χ3v) is 1.83. The molecule has 21 heavy (non-hydrogen) atoms. The van der Waals surface area contributed by atoms with Gasteiger partial charge in [0.25, 0.3) is 0 Å². The van der Waals surface area contributed by atoms with Crippen molar-refractivity contribution in [2.75, 3.05) is 13.2 Å². The van der Waals surface area contributed by atoms with Crippen LogP contribution in [-0.2, 0) is 14.3 Å². The SMILES string of the molecule is O=C(O)COCC(=O)O.O=C(O)c1ccc(C(=O)O)cc1. The van der Waals surface area contributed by atoms with Gasteiger partial charge in [-0.1, -0.05) is 0 Å². The molecule has 0 spiro atoms. The average molecular weight is 300 g/mol. The van der Waals surface area contributed by atoms with Gasteiger partial charge in [0.1, 0.15) is 13.2 Å². The Balaban J connectivity index is 0.000000400. The van der Waals surface area contributed by atoms with E-state index in [1.165, 1.54) is 24.3 Å². The highest BCUT2D eigenvalue weighted by Crippen LogP contribution is 2.03. The number of hydrogen-bond acceptors (Lipinski definition) is 5. The highest BCUT2D eigenvalue weighted by Gasteiger charge is 2.04. The van der Waals surface area contributed by atoms with Crippen molar-refractivity contribution in [2.45, 2.75) is 0 Å². The topological polar surface area (TPSA) is 158 Å². The van der Waals surface area contributed by atoms with Crippen LogP contribution in [0.1, 0.15) is 20.7 Å². The van der Waals surface area contributed by atoms with Crippen LogP contribution in [-0.4, -0.2) is 57.5 Å². The van der Waals surface area contributed by atoms with Crippen LogP contribution in [0.2, 0.25) is 0 Å². The fourth-order valence-corrected chi connectivity index (χ4v) is 0.981. The Morgan fingerprint density at radius 3 is 1.19 bits per heavy atom. The molecule has 0 bridgehead atoms. The van der Waals surface area contributed by atoms with Gasteiger partial charge in [-0.2, -0.15) is 0 Å². The van der Waals surface area contributed by atoms with Crippen LogP contribution in [0, 0.1) is 0 Å². The molecule has 0 heterocycles. The molecule has 0 aromatic heterocycles. The summed E-state index contributed by atoms with van der Waals surface area (Å²) in [5, 5.41) is 32.8. The molecule has 0 aliphatic heterocycles.